The number of pyridine rings is 1. The molecule has 1 heterocycles. The molecule has 0 radical (unpaired) electrons. The largest absolute Gasteiger partial charge is 0.381 e. The summed E-state index contributed by atoms with van der Waals surface area (Å²) < 4.78 is 34.6. The van der Waals surface area contributed by atoms with Gasteiger partial charge in [-0.05, 0) is 55.9 Å². The zero-order valence-corrected chi connectivity index (χ0v) is 18.0. The number of ether oxygens (including phenoxy) is 1. The predicted octanol–water partition coefficient (Wildman–Crippen LogP) is 3.95. The van der Waals surface area contributed by atoms with Gasteiger partial charge in [0.1, 0.15) is 5.82 Å². The average molecular weight is 451 g/mol. The second kappa shape index (κ2) is 8.54. The van der Waals surface area contributed by atoms with Crippen molar-refractivity contribution in [3.05, 3.63) is 64.2 Å². The van der Waals surface area contributed by atoms with Crippen LogP contribution in [0.2, 0.25) is 5.02 Å². The van der Waals surface area contributed by atoms with Crippen LogP contribution in [0.5, 0.6) is 0 Å². The lowest BCUT2D eigenvalue weighted by atomic mass is 9.74. The molecule has 166 valence electrons. The smallest absolute Gasteiger partial charge is 0.195 e. The number of ketones is 1. The zero-order valence-electron chi connectivity index (χ0n) is 17.2. The van der Waals surface area contributed by atoms with Crippen LogP contribution in [0, 0.1) is 5.82 Å². The number of hydrogen-bond donors (Lipinski definition) is 2. The Labute approximate surface area is 184 Å². The first-order valence-corrected chi connectivity index (χ1v) is 10.8. The number of fused-ring (bicyclic) bond motifs is 1. The van der Waals surface area contributed by atoms with E-state index in [2.05, 4.69) is 10.3 Å². The van der Waals surface area contributed by atoms with E-state index in [1.54, 1.807) is 13.2 Å². The van der Waals surface area contributed by atoms with Gasteiger partial charge in [-0.15, -0.1) is 0 Å². The number of hydrogen-bond acceptors (Lipinski definition) is 5. The van der Waals surface area contributed by atoms with Crippen molar-refractivity contribution in [2.75, 3.05) is 7.11 Å². The first-order valence-electron chi connectivity index (χ1n) is 10.4. The lowest BCUT2D eigenvalue weighted by Crippen LogP contribution is -2.58. The van der Waals surface area contributed by atoms with Crippen LogP contribution in [0.3, 0.4) is 0 Å². The Bertz CT molecular complexity index is 985. The number of nitrogens with zero attached hydrogens (tertiary/aromatic N) is 1. The van der Waals surface area contributed by atoms with Crippen molar-refractivity contribution in [2.24, 2.45) is 0 Å². The molecule has 1 saturated carbocycles. The summed E-state index contributed by atoms with van der Waals surface area (Å²) >= 11 is 6.03. The van der Waals surface area contributed by atoms with Crippen molar-refractivity contribution in [2.45, 2.75) is 62.1 Å². The third-order valence-corrected chi connectivity index (χ3v) is 6.76. The number of halogens is 3. The second-order valence-electron chi connectivity index (χ2n) is 8.39. The van der Waals surface area contributed by atoms with Crippen molar-refractivity contribution in [3.8, 4) is 0 Å². The van der Waals surface area contributed by atoms with E-state index in [1.807, 2.05) is 0 Å². The maximum atomic E-state index is 16.1. The number of aromatic nitrogens is 1. The molecule has 1 aromatic heterocycles. The fourth-order valence-electron chi connectivity index (χ4n) is 4.48. The molecule has 0 unspecified atom stereocenters. The molecule has 2 aliphatic carbocycles. The number of aryl methyl sites for hydroxylation is 1. The van der Waals surface area contributed by atoms with E-state index in [0.29, 0.717) is 5.56 Å². The number of aliphatic hydroxyl groups is 1. The Hall–Kier alpha value is -1.93. The molecule has 1 fully saturated rings. The number of carbonyl (C=O) groups excluding carboxylic acids is 1. The molecule has 31 heavy (non-hydrogen) atoms. The van der Waals surface area contributed by atoms with E-state index in [9.17, 15) is 14.3 Å². The second-order valence-corrected chi connectivity index (χ2v) is 8.80. The minimum absolute atomic E-state index is 0.0186. The molecule has 1 aromatic carbocycles. The molecule has 5 nitrogen and oxygen atoms in total. The number of benzene rings is 1. The topological polar surface area (TPSA) is 71.4 Å². The summed E-state index contributed by atoms with van der Waals surface area (Å²) in [5, 5.41) is 14.6. The lowest BCUT2D eigenvalue weighted by Gasteiger charge is -2.45. The summed E-state index contributed by atoms with van der Waals surface area (Å²) in [7, 11) is 1.65. The summed E-state index contributed by atoms with van der Waals surface area (Å²) in [4.78, 5) is 17.2. The van der Waals surface area contributed by atoms with Gasteiger partial charge in [-0.25, -0.2) is 8.78 Å². The maximum Gasteiger partial charge on any atom is 0.195 e. The Morgan fingerprint density at radius 3 is 2.84 bits per heavy atom. The molecule has 2 N–H and O–H groups in total. The summed E-state index contributed by atoms with van der Waals surface area (Å²) in [6.07, 6.45) is 3.09. The van der Waals surface area contributed by atoms with Crippen molar-refractivity contribution < 1.29 is 23.4 Å². The molecule has 0 bridgehead atoms. The van der Waals surface area contributed by atoms with Crippen LogP contribution in [0.4, 0.5) is 8.78 Å². The molecule has 2 atom stereocenters. The third kappa shape index (κ3) is 4.24. The Morgan fingerprint density at radius 1 is 1.35 bits per heavy atom. The van der Waals surface area contributed by atoms with Gasteiger partial charge < -0.3 is 9.84 Å². The van der Waals surface area contributed by atoms with Gasteiger partial charge in [0.15, 0.2) is 17.2 Å². The normalized spacial score (nSPS) is 29.8. The van der Waals surface area contributed by atoms with Crippen molar-refractivity contribution in [3.63, 3.8) is 0 Å². The van der Waals surface area contributed by atoms with Crippen LogP contribution in [-0.4, -0.2) is 35.1 Å². The van der Waals surface area contributed by atoms with Crippen molar-refractivity contribution in [1.29, 1.82) is 0 Å². The molecule has 0 amide bonds. The van der Waals surface area contributed by atoms with Crippen LogP contribution >= 0.6 is 11.6 Å². The monoisotopic (exact) mass is 450 g/mol. The highest BCUT2D eigenvalue weighted by atomic mass is 35.5. The quantitative estimate of drug-likeness (QED) is 0.625. The number of methoxy groups -OCH3 is 1. The summed E-state index contributed by atoms with van der Waals surface area (Å²) in [6, 6.07) is 7.04. The first kappa shape index (κ1) is 22.3. The first-order chi connectivity index (χ1) is 14.7. The molecule has 0 aliphatic heterocycles. The maximum absolute atomic E-state index is 16.1. The Balaban J connectivity index is 1.53. The highest BCUT2D eigenvalue weighted by molar-refractivity contribution is 6.31. The van der Waals surface area contributed by atoms with E-state index >= 15 is 4.39 Å². The minimum Gasteiger partial charge on any atom is -0.381 e. The fourth-order valence-corrected chi connectivity index (χ4v) is 4.74. The SMILES string of the molecule is COC1CC(N[C@]2(O)CC[C@@](F)(C(=O)CCc3ccc(F)cc3Cl)c3cccnc32)C1. The van der Waals surface area contributed by atoms with Gasteiger partial charge in [0.2, 0.25) is 0 Å². The molecule has 8 heteroatoms. The summed E-state index contributed by atoms with van der Waals surface area (Å²) in [5.74, 6) is -1.07. The van der Waals surface area contributed by atoms with Crippen LogP contribution in [-0.2, 0) is 27.3 Å². The summed E-state index contributed by atoms with van der Waals surface area (Å²) in [5.41, 5.74) is -2.93. The van der Waals surface area contributed by atoms with E-state index in [0.717, 1.165) is 12.8 Å². The number of nitrogens with one attached hydrogen (secondary N) is 1. The molecule has 4 rings (SSSR count). The Kier molecular flexibility index (Phi) is 6.14. The standard InChI is InChI=1S/C23H25ClF2N2O3/c1-31-17-12-16(13-17)28-23(30)9-8-22(26,18-3-2-10-27-21(18)23)20(29)7-5-14-4-6-15(25)11-19(14)24/h2-4,6,10-11,16-17,28,30H,5,7-9,12-13H2,1H3/t16?,17?,22-,23-/m0/s1. The van der Waals surface area contributed by atoms with E-state index in [4.69, 9.17) is 16.3 Å². The van der Waals surface area contributed by atoms with Gasteiger partial charge >= 0.3 is 0 Å². The van der Waals surface area contributed by atoms with Gasteiger partial charge in [-0.3, -0.25) is 15.1 Å². The van der Waals surface area contributed by atoms with Crippen LogP contribution in [0.1, 0.15) is 48.9 Å². The lowest BCUT2D eigenvalue weighted by molar-refractivity contribution is -0.136. The van der Waals surface area contributed by atoms with Crippen LogP contribution in [0.15, 0.2) is 36.5 Å². The average Bonchev–Trinajstić information content (AvgIpc) is 2.73. The van der Waals surface area contributed by atoms with Crippen molar-refractivity contribution in [1.82, 2.24) is 10.3 Å². The van der Waals surface area contributed by atoms with Crippen LogP contribution < -0.4 is 5.32 Å². The Morgan fingerprint density at radius 2 is 2.13 bits per heavy atom. The predicted molar refractivity (Wildman–Crippen MR) is 112 cm³/mol. The minimum atomic E-state index is -2.25. The molecule has 2 aliphatic rings. The molecule has 2 aromatic rings. The number of alkyl halides is 1. The highest BCUT2D eigenvalue weighted by Gasteiger charge is 2.52. The van der Waals surface area contributed by atoms with E-state index in [1.165, 1.54) is 30.5 Å². The number of carbonyl (C=O) groups is 1. The van der Waals surface area contributed by atoms with Gasteiger partial charge in [-0.1, -0.05) is 23.7 Å². The third-order valence-electron chi connectivity index (χ3n) is 6.41. The van der Waals surface area contributed by atoms with Crippen molar-refractivity contribution >= 4 is 17.4 Å². The van der Waals surface area contributed by atoms with E-state index in [-0.39, 0.29) is 54.1 Å². The van der Waals surface area contributed by atoms with Gasteiger partial charge in [-0.2, -0.15) is 0 Å². The van der Waals surface area contributed by atoms with Gasteiger partial charge in [0.25, 0.3) is 0 Å². The highest BCUT2D eigenvalue weighted by Crippen LogP contribution is 2.46. The fraction of sp³-hybridized carbons (Fsp3) is 0.478. The molecule has 0 saturated heterocycles. The van der Waals surface area contributed by atoms with Gasteiger partial charge in [0, 0.05) is 36.4 Å². The summed E-state index contributed by atoms with van der Waals surface area (Å²) in [6.45, 7) is 0. The van der Waals surface area contributed by atoms with Crippen LogP contribution in [0.25, 0.3) is 0 Å². The number of rotatable bonds is 7. The zero-order chi connectivity index (χ0) is 22.2. The molecule has 0 spiro atoms. The number of Topliss-reactive ketones (excluding diaryl/α,β-unsaturated/α-hetero) is 1. The molecular weight excluding hydrogens is 426 g/mol. The van der Waals surface area contributed by atoms with E-state index < -0.39 is 23.0 Å². The van der Waals surface area contributed by atoms with Gasteiger partial charge in [0.05, 0.1) is 11.8 Å². The molecular formula is C23H25ClF2N2O3.